The zero-order chi connectivity index (χ0) is 12.6. The minimum Gasteiger partial charge on any atom is -0.349 e. The van der Waals surface area contributed by atoms with Gasteiger partial charge in [-0.2, -0.15) is 13.2 Å². The number of carbonyl (C=O) groups is 1. The normalized spacial score (nSPS) is 24.8. The number of hydrogen-bond donors (Lipinski definition) is 1. The summed E-state index contributed by atoms with van der Waals surface area (Å²) in [6.07, 6.45) is -2.86. The molecule has 3 nitrogen and oxygen atoms in total. The maximum absolute atomic E-state index is 12.3. The molecule has 2 unspecified atom stereocenters. The molecule has 2 heterocycles. The van der Waals surface area contributed by atoms with Crippen LogP contribution >= 0.6 is 0 Å². The van der Waals surface area contributed by atoms with Crippen LogP contribution < -0.4 is 5.32 Å². The Morgan fingerprint density at radius 1 is 1.41 bits per heavy atom. The van der Waals surface area contributed by atoms with E-state index in [4.69, 9.17) is 0 Å². The zero-order valence-corrected chi connectivity index (χ0v) is 9.08. The van der Waals surface area contributed by atoms with Gasteiger partial charge in [-0.3, -0.25) is 9.78 Å². The third-order valence-corrected chi connectivity index (χ3v) is 2.83. The molecule has 1 saturated heterocycles. The van der Waals surface area contributed by atoms with Crippen LogP contribution in [0.3, 0.4) is 0 Å². The number of rotatable bonds is 1. The van der Waals surface area contributed by atoms with E-state index in [0.29, 0.717) is 12.0 Å². The van der Waals surface area contributed by atoms with Crippen LogP contribution in [0.25, 0.3) is 0 Å². The summed E-state index contributed by atoms with van der Waals surface area (Å²) in [6.45, 7) is 1.88. The highest BCUT2D eigenvalue weighted by molar-refractivity contribution is 5.79. The van der Waals surface area contributed by atoms with Crippen LogP contribution in [0.4, 0.5) is 13.2 Å². The topological polar surface area (TPSA) is 42.0 Å². The monoisotopic (exact) mass is 244 g/mol. The average Bonchev–Trinajstić information content (AvgIpc) is 2.57. The average molecular weight is 244 g/mol. The van der Waals surface area contributed by atoms with Crippen molar-refractivity contribution in [1.29, 1.82) is 0 Å². The Morgan fingerprint density at radius 3 is 2.53 bits per heavy atom. The summed E-state index contributed by atoms with van der Waals surface area (Å²) < 4.78 is 36.9. The number of nitrogens with one attached hydrogen (secondary N) is 1. The molecule has 0 spiro atoms. The van der Waals surface area contributed by atoms with Gasteiger partial charge in [0, 0.05) is 12.6 Å². The second-order valence-electron chi connectivity index (χ2n) is 4.20. The van der Waals surface area contributed by atoms with Crippen molar-refractivity contribution in [3.05, 3.63) is 29.6 Å². The van der Waals surface area contributed by atoms with Gasteiger partial charge in [-0.1, -0.05) is 13.0 Å². The number of halogens is 3. The van der Waals surface area contributed by atoms with Crippen molar-refractivity contribution in [3.63, 3.8) is 0 Å². The molecule has 0 radical (unpaired) electrons. The Morgan fingerprint density at radius 2 is 2.12 bits per heavy atom. The van der Waals surface area contributed by atoms with E-state index in [2.05, 4.69) is 10.3 Å². The number of hydrogen-bond acceptors (Lipinski definition) is 2. The molecule has 0 saturated carbocycles. The SMILES string of the molecule is CC1CC(=O)NC1c1ccc(C(F)(F)F)nc1. The van der Waals surface area contributed by atoms with Gasteiger partial charge in [0.1, 0.15) is 5.69 Å². The highest BCUT2D eigenvalue weighted by Gasteiger charge is 2.34. The Kier molecular flexibility index (Phi) is 2.81. The molecule has 0 aromatic carbocycles. The molecular formula is C11H11F3N2O. The van der Waals surface area contributed by atoms with Crippen LogP contribution in [0.15, 0.2) is 18.3 Å². The molecule has 1 fully saturated rings. The van der Waals surface area contributed by atoms with Crippen molar-refractivity contribution < 1.29 is 18.0 Å². The summed E-state index contributed by atoms with van der Waals surface area (Å²) >= 11 is 0. The third-order valence-electron chi connectivity index (χ3n) is 2.83. The van der Waals surface area contributed by atoms with E-state index in [1.807, 2.05) is 6.92 Å². The third kappa shape index (κ3) is 2.40. The van der Waals surface area contributed by atoms with Gasteiger partial charge in [0.15, 0.2) is 0 Å². The van der Waals surface area contributed by atoms with Crippen LogP contribution in [0.2, 0.25) is 0 Å². The van der Waals surface area contributed by atoms with Gasteiger partial charge >= 0.3 is 6.18 Å². The number of amides is 1. The second-order valence-corrected chi connectivity index (χ2v) is 4.20. The standard InChI is InChI=1S/C11H11F3N2O/c1-6-4-9(17)16-10(6)7-2-3-8(15-5-7)11(12,13)14/h2-3,5-6,10H,4H2,1H3,(H,16,17). The zero-order valence-electron chi connectivity index (χ0n) is 9.08. The fraction of sp³-hybridized carbons (Fsp3) is 0.455. The lowest BCUT2D eigenvalue weighted by Gasteiger charge is -2.15. The van der Waals surface area contributed by atoms with Crippen molar-refractivity contribution in [3.8, 4) is 0 Å². The van der Waals surface area contributed by atoms with Crippen LogP contribution in [0.1, 0.15) is 30.6 Å². The fourth-order valence-corrected chi connectivity index (χ4v) is 1.95. The lowest BCUT2D eigenvalue weighted by atomic mass is 9.97. The summed E-state index contributed by atoms with van der Waals surface area (Å²) in [4.78, 5) is 14.5. The first kappa shape index (κ1) is 11.9. The largest absolute Gasteiger partial charge is 0.433 e. The Balaban J connectivity index is 2.21. The van der Waals surface area contributed by atoms with E-state index in [0.717, 1.165) is 6.07 Å². The maximum atomic E-state index is 12.3. The summed E-state index contributed by atoms with van der Waals surface area (Å²) in [6, 6.07) is 2.06. The van der Waals surface area contributed by atoms with Crippen molar-refractivity contribution in [2.75, 3.05) is 0 Å². The molecule has 0 bridgehead atoms. The molecule has 1 aliphatic heterocycles. The molecule has 1 aromatic heterocycles. The van der Waals surface area contributed by atoms with Gasteiger partial charge < -0.3 is 5.32 Å². The molecule has 17 heavy (non-hydrogen) atoms. The van der Waals surface area contributed by atoms with Crippen LogP contribution in [-0.4, -0.2) is 10.9 Å². The molecule has 6 heteroatoms. The highest BCUT2D eigenvalue weighted by atomic mass is 19.4. The van der Waals surface area contributed by atoms with Gasteiger partial charge in [0.2, 0.25) is 5.91 Å². The van der Waals surface area contributed by atoms with E-state index >= 15 is 0 Å². The van der Waals surface area contributed by atoms with Crippen molar-refractivity contribution in [1.82, 2.24) is 10.3 Å². The summed E-state index contributed by atoms with van der Waals surface area (Å²) in [5.41, 5.74) is -0.311. The van der Waals surface area contributed by atoms with Gasteiger partial charge in [-0.15, -0.1) is 0 Å². The number of alkyl halides is 3. The first-order valence-electron chi connectivity index (χ1n) is 5.20. The van der Waals surface area contributed by atoms with Crippen molar-refractivity contribution in [2.45, 2.75) is 25.6 Å². The van der Waals surface area contributed by atoms with E-state index in [-0.39, 0.29) is 17.9 Å². The predicted octanol–water partition coefficient (Wildman–Crippen LogP) is 2.30. The lowest BCUT2D eigenvalue weighted by molar-refractivity contribution is -0.141. The van der Waals surface area contributed by atoms with Gasteiger partial charge in [-0.05, 0) is 17.5 Å². The molecule has 1 aromatic rings. The Bertz CT molecular complexity index is 427. The highest BCUT2D eigenvalue weighted by Crippen LogP contribution is 2.31. The summed E-state index contributed by atoms with van der Waals surface area (Å²) in [5.74, 6) is -0.0107. The molecule has 2 atom stereocenters. The molecule has 1 N–H and O–H groups in total. The first-order valence-corrected chi connectivity index (χ1v) is 5.20. The van der Waals surface area contributed by atoms with E-state index in [1.165, 1.54) is 12.3 Å². The van der Waals surface area contributed by atoms with Crippen LogP contribution in [0, 0.1) is 5.92 Å². The molecule has 92 valence electrons. The van der Waals surface area contributed by atoms with Gasteiger partial charge in [0.25, 0.3) is 0 Å². The minimum atomic E-state index is -4.43. The van der Waals surface area contributed by atoms with E-state index in [9.17, 15) is 18.0 Å². The Hall–Kier alpha value is -1.59. The fourth-order valence-electron chi connectivity index (χ4n) is 1.95. The molecule has 1 aliphatic rings. The second kappa shape index (κ2) is 4.01. The molecule has 2 rings (SSSR count). The molecule has 0 aliphatic carbocycles. The lowest BCUT2D eigenvalue weighted by Crippen LogP contribution is -2.20. The quantitative estimate of drug-likeness (QED) is 0.823. The number of carbonyl (C=O) groups excluding carboxylic acids is 1. The smallest absolute Gasteiger partial charge is 0.349 e. The summed E-state index contributed by atoms with van der Waals surface area (Å²) in [7, 11) is 0. The predicted molar refractivity (Wildman–Crippen MR) is 53.9 cm³/mol. The molecular weight excluding hydrogens is 233 g/mol. The van der Waals surface area contributed by atoms with Crippen LogP contribution in [0.5, 0.6) is 0 Å². The van der Waals surface area contributed by atoms with Crippen LogP contribution in [-0.2, 0) is 11.0 Å². The van der Waals surface area contributed by atoms with Crippen molar-refractivity contribution in [2.24, 2.45) is 5.92 Å². The number of pyridine rings is 1. The minimum absolute atomic E-state index is 0.0704. The number of aromatic nitrogens is 1. The van der Waals surface area contributed by atoms with Crippen molar-refractivity contribution >= 4 is 5.91 Å². The van der Waals surface area contributed by atoms with E-state index < -0.39 is 11.9 Å². The maximum Gasteiger partial charge on any atom is 0.433 e. The number of nitrogens with zero attached hydrogens (tertiary/aromatic N) is 1. The van der Waals surface area contributed by atoms with Gasteiger partial charge in [0.05, 0.1) is 6.04 Å². The molecule has 1 amide bonds. The summed E-state index contributed by atoms with van der Waals surface area (Å²) in [5, 5.41) is 2.72. The van der Waals surface area contributed by atoms with Gasteiger partial charge in [-0.25, -0.2) is 0 Å². The Labute approximate surface area is 96.0 Å². The van der Waals surface area contributed by atoms with E-state index in [1.54, 1.807) is 0 Å². The first-order chi connectivity index (χ1) is 7.88.